The third-order valence-corrected chi connectivity index (χ3v) is 5.44. The zero-order valence-electron chi connectivity index (χ0n) is 14.9. The van der Waals surface area contributed by atoms with E-state index in [2.05, 4.69) is 6.92 Å². The number of piperidine rings is 1. The molecule has 0 N–H and O–H groups in total. The lowest BCUT2D eigenvalue weighted by Gasteiger charge is -2.37. The van der Waals surface area contributed by atoms with Gasteiger partial charge in [0.1, 0.15) is 6.04 Å². The van der Waals surface area contributed by atoms with E-state index >= 15 is 0 Å². The highest BCUT2D eigenvalue weighted by Crippen LogP contribution is 2.27. The molecule has 1 saturated heterocycles. The first-order valence-electron chi connectivity index (χ1n) is 9.19. The van der Waals surface area contributed by atoms with Gasteiger partial charge in [0.2, 0.25) is 5.91 Å². The summed E-state index contributed by atoms with van der Waals surface area (Å²) in [4.78, 5) is 28.7. The lowest BCUT2D eigenvalue weighted by atomic mass is 9.87. The van der Waals surface area contributed by atoms with Crippen LogP contribution < -0.4 is 0 Å². The summed E-state index contributed by atoms with van der Waals surface area (Å²) in [7, 11) is 1.92. The minimum absolute atomic E-state index is 0.140. The monoisotopic (exact) mass is 324 g/mol. The topological polar surface area (TPSA) is 49.9 Å². The Morgan fingerprint density at radius 2 is 1.83 bits per heavy atom. The third-order valence-electron chi connectivity index (χ3n) is 5.44. The van der Waals surface area contributed by atoms with E-state index in [0.29, 0.717) is 19.2 Å². The fourth-order valence-corrected chi connectivity index (χ4v) is 3.80. The second-order valence-corrected chi connectivity index (χ2v) is 7.15. The van der Waals surface area contributed by atoms with Crippen LogP contribution in [-0.2, 0) is 14.3 Å². The molecule has 2 rings (SSSR count). The van der Waals surface area contributed by atoms with Crippen molar-refractivity contribution >= 4 is 11.9 Å². The van der Waals surface area contributed by atoms with Crippen molar-refractivity contribution in [1.29, 1.82) is 0 Å². The molecule has 1 saturated carbocycles. The molecule has 1 amide bonds. The van der Waals surface area contributed by atoms with Crippen molar-refractivity contribution in [3.63, 3.8) is 0 Å². The van der Waals surface area contributed by atoms with Gasteiger partial charge in [-0.2, -0.15) is 0 Å². The Kier molecular flexibility index (Phi) is 6.88. The van der Waals surface area contributed by atoms with E-state index in [1.165, 1.54) is 12.8 Å². The van der Waals surface area contributed by atoms with Crippen LogP contribution in [-0.4, -0.2) is 60.5 Å². The number of carbonyl (C=O) groups excluding carboxylic acids is 2. The summed E-state index contributed by atoms with van der Waals surface area (Å²) in [6.07, 6.45) is 7.50. The van der Waals surface area contributed by atoms with Gasteiger partial charge in [-0.15, -0.1) is 0 Å². The summed E-state index contributed by atoms with van der Waals surface area (Å²) in [5, 5.41) is 0. The molecule has 0 bridgehead atoms. The molecule has 1 unspecified atom stereocenters. The van der Waals surface area contributed by atoms with Crippen molar-refractivity contribution in [2.24, 2.45) is 5.92 Å². The van der Waals surface area contributed by atoms with Crippen LogP contribution in [0.3, 0.4) is 0 Å². The maximum Gasteiger partial charge on any atom is 0.323 e. The molecule has 0 radical (unpaired) electrons. The van der Waals surface area contributed by atoms with Crippen LogP contribution in [0.2, 0.25) is 0 Å². The van der Waals surface area contributed by atoms with Crippen LogP contribution >= 0.6 is 0 Å². The van der Waals surface area contributed by atoms with Crippen molar-refractivity contribution in [3.8, 4) is 0 Å². The van der Waals surface area contributed by atoms with E-state index in [-0.39, 0.29) is 17.9 Å². The Labute approximate surface area is 140 Å². The first-order chi connectivity index (χ1) is 11.0. The average Bonchev–Trinajstić information content (AvgIpc) is 2.55. The van der Waals surface area contributed by atoms with Crippen LogP contribution in [0, 0.1) is 5.92 Å². The standard InChI is InChI=1S/C18H32N2O3/c1-4-23-18(22)16-7-5-6-12-20(16)13-17(21)19(3)15-10-8-14(2)9-11-15/h14-16H,4-13H2,1-3H3. The number of likely N-dealkylation sites (N-methyl/N-ethyl adjacent to an activating group) is 1. The average molecular weight is 324 g/mol. The molecule has 132 valence electrons. The number of hydrogen-bond donors (Lipinski definition) is 0. The Morgan fingerprint density at radius 3 is 2.48 bits per heavy atom. The number of hydrogen-bond acceptors (Lipinski definition) is 4. The highest BCUT2D eigenvalue weighted by atomic mass is 16.5. The van der Waals surface area contributed by atoms with E-state index in [4.69, 9.17) is 4.74 Å². The van der Waals surface area contributed by atoms with E-state index < -0.39 is 0 Å². The molecule has 23 heavy (non-hydrogen) atoms. The smallest absolute Gasteiger partial charge is 0.323 e. The molecule has 5 heteroatoms. The SMILES string of the molecule is CCOC(=O)C1CCCCN1CC(=O)N(C)C1CCC(C)CC1. The van der Waals surface area contributed by atoms with Gasteiger partial charge in [0.05, 0.1) is 13.2 Å². The van der Waals surface area contributed by atoms with Gasteiger partial charge in [-0.3, -0.25) is 14.5 Å². The van der Waals surface area contributed by atoms with E-state index in [0.717, 1.165) is 44.6 Å². The fourth-order valence-electron chi connectivity index (χ4n) is 3.80. The molecule has 1 heterocycles. The van der Waals surface area contributed by atoms with Gasteiger partial charge < -0.3 is 9.64 Å². The molecule has 1 aliphatic heterocycles. The largest absolute Gasteiger partial charge is 0.465 e. The zero-order valence-corrected chi connectivity index (χ0v) is 14.9. The predicted octanol–water partition coefficient (Wildman–Crippen LogP) is 2.44. The van der Waals surface area contributed by atoms with Crippen molar-refractivity contribution in [2.75, 3.05) is 26.7 Å². The highest BCUT2D eigenvalue weighted by molar-refractivity contribution is 5.80. The van der Waals surface area contributed by atoms with Crippen molar-refractivity contribution < 1.29 is 14.3 Å². The maximum atomic E-state index is 12.7. The van der Waals surface area contributed by atoms with Gasteiger partial charge in [-0.1, -0.05) is 13.3 Å². The first-order valence-corrected chi connectivity index (χ1v) is 9.19. The number of ether oxygens (including phenoxy) is 1. The summed E-state index contributed by atoms with van der Waals surface area (Å²) in [5.41, 5.74) is 0. The molecular weight excluding hydrogens is 292 g/mol. The van der Waals surface area contributed by atoms with Crippen LogP contribution in [0.25, 0.3) is 0 Å². The quantitative estimate of drug-likeness (QED) is 0.729. The Balaban J connectivity index is 1.90. The molecule has 0 spiro atoms. The van der Waals surface area contributed by atoms with Crippen molar-refractivity contribution in [1.82, 2.24) is 9.80 Å². The van der Waals surface area contributed by atoms with E-state index in [1.54, 1.807) is 0 Å². The number of carbonyl (C=O) groups is 2. The van der Waals surface area contributed by atoms with Crippen molar-refractivity contribution in [2.45, 2.75) is 70.9 Å². The van der Waals surface area contributed by atoms with Crippen LogP contribution in [0.4, 0.5) is 0 Å². The van der Waals surface area contributed by atoms with Gasteiger partial charge in [0, 0.05) is 13.1 Å². The normalized spacial score (nSPS) is 29.1. The molecule has 0 aromatic heterocycles. The zero-order chi connectivity index (χ0) is 16.8. The maximum absolute atomic E-state index is 12.7. The molecule has 0 aromatic carbocycles. The number of nitrogens with zero attached hydrogens (tertiary/aromatic N) is 2. The summed E-state index contributed by atoms with van der Waals surface area (Å²) < 4.78 is 5.18. The lowest BCUT2D eigenvalue weighted by Crippen LogP contribution is -2.51. The second kappa shape index (κ2) is 8.67. The minimum atomic E-state index is -0.243. The molecule has 1 aliphatic carbocycles. The molecule has 0 aromatic rings. The van der Waals surface area contributed by atoms with Gasteiger partial charge >= 0.3 is 5.97 Å². The molecule has 2 aliphatic rings. The minimum Gasteiger partial charge on any atom is -0.465 e. The van der Waals surface area contributed by atoms with Crippen LogP contribution in [0.1, 0.15) is 58.8 Å². The van der Waals surface area contributed by atoms with Gasteiger partial charge in [0.25, 0.3) is 0 Å². The fraction of sp³-hybridized carbons (Fsp3) is 0.889. The van der Waals surface area contributed by atoms with Gasteiger partial charge in [0.15, 0.2) is 0 Å². The molecule has 1 atom stereocenters. The van der Waals surface area contributed by atoms with E-state index in [9.17, 15) is 9.59 Å². The van der Waals surface area contributed by atoms with Gasteiger partial charge in [-0.25, -0.2) is 0 Å². The summed E-state index contributed by atoms with van der Waals surface area (Å²) >= 11 is 0. The lowest BCUT2D eigenvalue weighted by molar-refractivity contribution is -0.152. The van der Waals surface area contributed by atoms with Gasteiger partial charge in [-0.05, 0) is 57.9 Å². The Hall–Kier alpha value is -1.10. The number of amides is 1. The summed E-state index contributed by atoms with van der Waals surface area (Å²) in [5.74, 6) is 0.750. The molecule has 5 nitrogen and oxygen atoms in total. The van der Waals surface area contributed by atoms with Crippen LogP contribution in [0.15, 0.2) is 0 Å². The molecule has 2 fully saturated rings. The Bertz CT molecular complexity index is 405. The number of likely N-dealkylation sites (tertiary alicyclic amines) is 1. The first kappa shape index (κ1) is 18.2. The second-order valence-electron chi connectivity index (χ2n) is 7.15. The highest BCUT2D eigenvalue weighted by Gasteiger charge is 2.33. The van der Waals surface area contributed by atoms with E-state index in [1.807, 2.05) is 23.8 Å². The predicted molar refractivity (Wildman–Crippen MR) is 90.0 cm³/mol. The number of rotatable bonds is 5. The van der Waals surface area contributed by atoms with Crippen LogP contribution in [0.5, 0.6) is 0 Å². The summed E-state index contributed by atoms with van der Waals surface area (Å²) in [6.45, 7) is 5.66. The molecular formula is C18H32N2O3. The van der Waals surface area contributed by atoms with Crippen molar-refractivity contribution in [3.05, 3.63) is 0 Å². The Morgan fingerprint density at radius 1 is 1.13 bits per heavy atom. The number of esters is 1. The summed E-state index contributed by atoms with van der Waals surface area (Å²) in [6, 6.07) is 0.122. The third kappa shape index (κ3) is 4.93.